The van der Waals surface area contributed by atoms with Gasteiger partial charge in [0.2, 0.25) is 0 Å². The highest BCUT2D eigenvalue weighted by molar-refractivity contribution is 7.99. The molecule has 84 valence electrons. The smallest absolute Gasteiger partial charge is 0.0127 e. The van der Waals surface area contributed by atoms with Gasteiger partial charge in [0.05, 0.1) is 0 Å². The molecule has 0 fully saturated rings. The molecule has 0 radical (unpaired) electrons. The monoisotopic (exact) mass is 241 g/mol. The number of unbranched alkanes of at least 4 members (excludes halogenated alkanes) is 1. The zero-order chi connectivity index (χ0) is 10.9. The number of benzene rings is 1. The van der Waals surface area contributed by atoms with Crippen LogP contribution in [0.3, 0.4) is 0 Å². The van der Waals surface area contributed by atoms with Crippen molar-refractivity contribution >= 4 is 24.4 Å². The van der Waals surface area contributed by atoms with Gasteiger partial charge in [-0.2, -0.15) is 12.6 Å². The Bertz CT molecular complexity index is 251. The lowest BCUT2D eigenvalue weighted by atomic mass is 10.2. The van der Waals surface area contributed by atoms with E-state index >= 15 is 0 Å². The molecule has 3 heteroatoms. The van der Waals surface area contributed by atoms with E-state index in [0.29, 0.717) is 0 Å². The molecule has 0 aliphatic heterocycles. The number of thioether (sulfide) groups is 1. The summed E-state index contributed by atoms with van der Waals surface area (Å²) in [4.78, 5) is 1.36. The van der Waals surface area contributed by atoms with Gasteiger partial charge in [0.15, 0.2) is 0 Å². The van der Waals surface area contributed by atoms with Crippen LogP contribution >= 0.6 is 24.4 Å². The Kier molecular flexibility index (Phi) is 6.98. The Labute approximate surface area is 102 Å². The fourth-order valence-corrected chi connectivity index (χ4v) is 2.42. The summed E-state index contributed by atoms with van der Waals surface area (Å²) >= 11 is 6.09. The van der Waals surface area contributed by atoms with Crippen LogP contribution in [0.1, 0.15) is 19.3 Å². The molecule has 1 atom stereocenters. The van der Waals surface area contributed by atoms with E-state index in [9.17, 15) is 0 Å². The molecule has 0 aromatic heterocycles. The summed E-state index contributed by atoms with van der Waals surface area (Å²) in [5, 5.41) is 0. The third-order valence-corrected chi connectivity index (χ3v) is 3.78. The molecule has 1 rings (SSSR count). The van der Waals surface area contributed by atoms with Gasteiger partial charge in [0.1, 0.15) is 0 Å². The van der Waals surface area contributed by atoms with E-state index in [0.717, 1.165) is 12.2 Å². The molecule has 0 spiro atoms. The minimum Gasteiger partial charge on any atom is -0.327 e. The van der Waals surface area contributed by atoms with E-state index in [1.54, 1.807) is 0 Å². The van der Waals surface area contributed by atoms with Gasteiger partial charge in [-0.05, 0) is 30.7 Å². The van der Waals surface area contributed by atoms with Crippen molar-refractivity contribution in [1.82, 2.24) is 0 Å². The molecule has 0 heterocycles. The maximum atomic E-state index is 5.78. The molecule has 1 nitrogen and oxygen atoms in total. The van der Waals surface area contributed by atoms with Crippen molar-refractivity contribution in [3.8, 4) is 0 Å². The predicted octanol–water partition coefficient (Wildman–Crippen LogP) is 3.21. The molecule has 0 aliphatic rings. The van der Waals surface area contributed by atoms with Crippen LogP contribution in [-0.2, 0) is 0 Å². The highest BCUT2D eigenvalue weighted by atomic mass is 32.2. The number of hydrogen-bond donors (Lipinski definition) is 2. The standard InChI is InChI=1S/C12H19NS2/c13-11(10-14)6-4-5-9-15-12-7-2-1-3-8-12/h1-3,7-8,11,14H,4-6,9-10,13H2/t11-/m0/s1. The quantitative estimate of drug-likeness (QED) is 0.435. The lowest BCUT2D eigenvalue weighted by Gasteiger charge is -2.07. The van der Waals surface area contributed by atoms with Gasteiger partial charge in [-0.15, -0.1) is 11.8 Å². The van der Waals surface area contributed by atoms with Crippen LogP contribution < -0.4 is 5.73 Å². The van der Waals surface area contributed by atoms with Crippen LogP contribution in [0.2, 0.25) is 0 Å². The third-order valence-electron chi connectivity index (χ3n) is 2.22. The summed E-state index contributed by atoms with van der Waals surface area (Å²) in [6, 6.07) is 10.8. The Morgan fingerprint density at radius 2 is 1.93 bits per heavy atom. The van der Waals surface area contributed by atoms with Gasteiger partial charge in [0.25, 0.3) is 0 Å². The first-order chi connectivity index (χ1) is 7.33. The zero-order valence-electron chi connectivity index (χ0n) is 8.93. The molecular formula is C12H19NS2. The van der Waals surface area contributed by atoms with E-state index in [4.69, 9.17) is 5.73 Å². The molecule has 2 N–H and O–H groups in total. The predicted molar refractivity (Wildman–Crippen MR) is 72.8 cm³/mol. The summed E-state index contributed by atoms with van der Waals surface area (Å²) in [5.74, 6) is 1.98. The van der Waals surface area contributed by atoms with Gasteiger partial charge >= 0.3 is 0 Å². The lowest BCUT2D eigenvalue weighted by Crippen LogP contribution is -2.21. The summed E-state index contributed by atoms with van der Waals surface area (Å²) in [6.07, 6.45) is 3.54. The van der Waals surface area contributed by atoms with Crippen LogP contribution in [0.5, 0.6) is 0 Å². The SMILES string of the molecule is N[C@H](CS)CCCCSc1ccccc1. The molecule has 0 saturated carbocycles. The molecule has 0 saturated heterocycles. The maximum Gasteiger partial charge on any atom is 0.0127 e. The Hall–Kier alpha value is -0.120. The summed E-state index contributed by atoms with van der Waals surface area (Å²) < 4.78 is 0. The van der Waals surface area contributed by atoms with Crippen LogP contribution in [0.25, 0.3) is 0 Å². The second-order valence-corrected chi connectivity index (χ2v) is 5.13. The summed E-state index contributed by atoms with van der Waals surface area (Å²) in [5.41, 5.74) is 5.78. The second kappa shape index (κ2) is 8.08. The zero-order valence-corrected chi connectivity index (χ0v) is 10.6. The number of hydrogen-bond acceptors (Lipinski definition) is 3. The van der Waals surface area contributed by atoms with Crippen LogP contribution in [0.4, 0.5) is 0 Å². The molecule has 0 amide bonds. The molecule has 1 aromatic carbocycles. The average molecular weight is 241 g/mol. The molecule has 0 unspecified atom stereocenters. The minimum absolute atomic E-state index is 0.273. The van der Waals surface area contributed by atoms with E-state index in [1.165, 1.54) is 23.5 Å². The van der Waals surface area contributed by atoms with Crippen molar-refractivity contribution in [1.29, 1.82) is 0 Å². The van der Waals surface area contributed by atoms with Gasteiger partial charge < -0.3 is 5.73 Å². The largest absolute Gasteiger partial charge is 0.327 e. The van der Waals surface area contributed by atoms with Gasteiger partial charge in [-0.25, -0.2) is 0 Å². The van der Waals surface area contributed by atoms with Crippen LogP contribution in [-0.4, -0.2) is 17.5 Å². The normalized spacial score (nSPS) is 12.7. The molecule has 1 aromatic rings. The third kappa shape index (κ3) is 6.13. The Morgan fingerprint density at radius 3 is 2.60 bits per heavy atom. The number of rotatable bonds is 7. The maximum absolute atomic E-state index is 5.78. The van der Waals surface area contributed by atoms with Gasteiger partial charge in [-0.1, -0.05) is 24.6 Å². The van der Waals surface area contributed by atoms with Crippen molar-refractivity contribution in [3.05, 3.63) is 30.3 Å². The van der Waals surface area contributed by atoms with Crippen molar-refractivity contribution in [3.63, 3.8) is 0 Å². The first-order valence-corrected chi connectivity index (χ1v) is 6.99. The van der Waals surface area contributed by atoms with E-state index in [2.05, 4.69) is 43.0 Å². The second-order valence-electron chi connectivity index (χ2n) is 3.60. The fourth-order valence-electron chi connectivity index (χ4n) is 1.31. The first-order valence-electron chi connectivity index (χ1n) is 5.37. The first kappa shape index (κ1) is 12.9. The molecule has 0 bridgehead atoms. The highest BCUT2D eigenvalue weighted by Crippen LogP contribution is 2.18. The highest BCUT2D eigenvalue weighted by Gasteiger charge is 1.99. The molecular weight excluding hydrogens is 222 g/mol. The van der Waals surface area contributed by atoms with Gasteiger partial charge in [-0.3, -0.25) is 0 Å². The Balaban J connectivity index is 2.03. The Morgan fingerprint density at radius 1 is 1.20 bits per heavy atom. The van der Waals surface area contributed by atoms with Crippen molar-refractivity contribution < 1.29 is 0 Å². The van der Waals surface area contributed by atoms with E-state index < -0.39 is 0 Å². The molecule has 0 aliphatic carbocycles. The van der Waals surface area contributed by atoms with Crippen LogP contribution in [0.15, 0.2) is 35.2 Å². The summed E-state index contributed by atoms with van der Waals surface area (Å²) in [7, 11) is 0. The molecule has 15 heavy (non-hydrogen) atoms. The number of nitrogens with two attached hydrogens (primary N) is 1. The minimum atomic E-state index is 0.273. The summed E-state index contributed by atoms with van der Waals surface area (Å²) in [6.45, 7) is 0. The average Bonchev–Trinajstić information content (AvgIpc) is 2.29. The van der Waals surface area contributed by atoms with E-state index in [-0.39, 0.29) is 6.04 Å². The van der Waals surface area contributed by atoms with Gasteiger partial charge in [0, 0.05) is 16.7 Å². The fraction of sp³-hybridized carbons (Fsp3) is 0.500. The van der Waals surface area contributed by atoms with Crippen LogP contribution in [0, 0.1) is 0 Å². The van der Waals surface area contributed by atoms with Crippen molar-refractivity contribution in [2.75, 3.05) is 11.5 Å². The van der Waals surface area contributed by atoms with Crippen molar-refractivity contribution in [2.24, 2.45) is 5.73 Å². The lowest BCUT2D eigenvalue weighted by molar-refractivity contribution is 0.626. The van der Waals surface area contributed by atoms with E-state index in [1.807, 2.05) is 11.8 Å². The topological polar surface area (TPSA) is 26.0 Å². The number of thiol groups is 1. The van der Waals surface area contributed by atoms with Crippen molar-refractivity contribution in [2.45, 2.75) is 30.2 Å².